The van der Waals surface area contributed by atoms with Crippen molar-refractivity contribution >= 4 is 15.5 Å². The molecule has 0 amide bonds. The third-order valence-corrected chi connectivity index (χ3v) is 4.53. The summed E-state index contributed by atoms with van der Waals surface area (Å²) in [7, 11) is -3.78. The fourth-order valence-electron chi connectivity index (χ4n) is 1.92. The van der Waals surface area contributed by atoms with E-state index in [2.05, 4.69) is 10.1 Å². The molecule has 0 saturated heterocycles. The molecule has 0 atom stereocenters. The van der Waals surface area contributed by atoms with Gasteiger partial charge in [-0.15, -0.1) is 0 Å². The Morgan fingerprint density at radius 2 is 2.10 bits per heavy atom. The van der Waals surface area contributed by atoms with Crippen LogP contribution < -0.4 is 5.73 Å². The molecule has 2 N–H and O–H groups in total. The summed E-state index contributed by atoms with van der Waals surface area (Å²) in [5.41, 5.74) is 5.65. The lowest BCUT2D eigenvalue weighted by Crippen LogP contribution is -2.15. The molecule has 2 aromatic rings. The van der Waals surface area contributed by atoms with Gasteiger partial charge in [0.25, 0.3) is 0 Å². The summed E-state index contributed by atoms with van der Waals surface area (Å²) >= 11 is 0. The van der Waals surface area contributed by atoms with Gasteiger partial charge in [-0.05, 0) is 24.1 Å². The summed E-state index contributed by atoms with van der Waals surface area (Å²) in [4.78, 5) is 3.75. The maximum absolute atomic E-state index is 13.3. The van der Waals surface area contributed by atoms with E-state index in [0.717, 1.165) is 12.1 Å². The molecule has 2 rings (SSSR count). The van der Waals surface area contributed by atoms with Crippen LogP contribution in [0.25, 0.3) is 0 Å². The zero-order chi connectivity index (χ0) is 15.6. The number of halogens is 1. The molecule has 1 aromatic carbocycles. The van der Waals surface area contributed by atoms with E-state index in [0.29, 0.717) is 18.3 Å². The molecule has 1 heterocycles. The number of nitrogens with zero attached hydrogens (tertiary/aromatic N) is 3. The highest BCUT2D eigenvalue weighted by molar-refractivity contribution is 7.90. The fourth-order valence-corrected chi connectivity index (χ4v) is 3.36. The second kappa shape index (κ2) is 5.80. The van der Waals surface area contributed by atoms with Gasteiger partial charge < -0.3 is 5.73 Å². The topological polar surface area (TPSA) is 90.9 Å². The Morgan fingerprint density at radius 1 is 1.38 bits per heavy atom. The number of anilines is 1. The molecular formula is C13H17FN4O2S. The van der Waals surface area contributed by atoms with E-state index in [1.165, 1.54) is 17.1 Å². The standard InChI is InChI=1S/C13H17FN4O2S/c1-9(2)6-18-13(16-8-17-18)7-21(19,20)12-5-10(14)3-4-11(12)15/h3-5,8-9H,6-7,15H2,1-2H3. The van der Waals surface area contributed by atoms with Gasteiger partial charge in [-0.1, -0.05) is 13.8 Å². The van der Waals surface area contributed by atoms with Crippen LogP contribution in [0.3, 0.4) is 0 Å². The molecule has 0 fully saturated rings. The van der Waals surface area contributed by atoms with Gasteiger partial charge >= 0.3 is 0 Å². The third-order valence-electron chi connectivity index (χ3n) is 2.86. The minimum Gasteiger partial charge on any atom is -0.398 e. The van der Waals surface area contributed by atoms with Crippen LogP contribution in [-0.2, 0) is 22.1 Å². The van der Waals surface area contributed by atoms with Crippen LogP contribution in [0.4, 0.5) is 10.1 Å². The summed E-state index contributed by atoms with van der Waals surface area (Å²) in [6.45, 7) is 4.54. The van der Waals surface area contributed by atoms with Crippen LogP contribution in [0, 0.1) is 11.7 Å². The van der Waals surface area contributed by atoms with E-state index in [9.17, 15) is 12.8 Å². The molecule has 0 aliphatic rings. The largest absolute Gasteiger partial charge is 0.398 e. The minimum absolute atomic E-state index is 0.0197. The van der Waals surface area contributed by atoms with E-state index in [1.807, 2.05) is 13.8 Å². The van der Waals surface area contributed by atoms with Crippen molar-refractivity contribution < 1.29 is 12.8 Å². The summed E-state index contributed by atoms with van der Waals surface area (Å²) < 4.78 is 39.6. The molecular weight excluding hydrogens is 295 g/mol. The molecule has 0 spiro atoms. The van der Waals surface area contributed by atoms with Crippen LogP contribution in [0.1, 0.15) is 19.7 Å². The Hall–Kier alpha value is -1.96. The number of hydrogen-bond donors (Lipinski definition) is 1. The smallest absolute Gasteiger partial charge is 0.187 e. The molecule has 0 aliphatic heterocycles. The van der Waals surface area contributed by atoms with Crippen LogP contribution in [0.2, 0.25) is 0 Å². The van der Waals surface area contributed by atoms with Gasteiger partial charge in [0.15, 0.2) is 9.84 Å². The minimum atomic E-state index is -3.78. The quantitative estimate of drug-likeness (QED) is 0.847. The Balaban J connectivity index is 2.34. The number of nitrogen functional groups attached to an aromatic ring is 1. The summed E-state index contributed by atoms with van der Waals surface area (Å²) in [5, 5.41) is 4.01. The van der Waals surface area contributed by atoms with Crippen LogP contribution in [-0.4, -0.2) is 23.2 Å². The second-order valence-electron chi connectivity index (χ2n) is 5.19. The maximum Gasteiger partial charge on any atom is 0.187 e. The predicted molar refractivity (Wildman–Crippen MR) is 76.6 cm³/mol. The number of aromatic nitrogens is 3. The zero-order valence-corrected chi connectivity index (χ0v) is 12.6. The van der Waals surface area contributed by atoms with Crippen molar-refractivity contribution in [2.45, 2.75) is 31.0 Å². The zero-order valence-electron chi connectivity index (χ0n) is 11.8. The van der Waals surface area contributed by atoms with Crippen molar-refractivity contribution in [3.8, 4) is 0 Å². The van der Waals surface area contributed by atoms with E-state index in [-0.39, 0.29) is 16.3 Å². The average molecular weight is 312 g/mol. The maximum atomic E-state index is 13.3. The Bertz CT molecular complexity index is 740. The summed E-state index contributed by atoms with van der Waals surface area (Å²) in [6.07, 6.45) is 1.31. The molecule has 21 heavy (non-hydrogen) atoms. The number of nitrogens with two attached hydrogens (primary N) is 1. The van der Waals surface area contributed by atoms with Crippen molar-refractivity contribution in [3.05, 3.63) is 36.2 Å². The molecule has 0 saturated carbocycles. The normalized spacial score (nSPS) is 12.0. The van der Waals surface area contributed by atoms with Gasteiger partial charge in [0.2, 0.25) is 0 Å². The van der Waals surface area contributed by atoms with Gasteiger partial charge in [0.1, 0.15) is 23.7 Å². The predicted octanol–water partition coefficient (Wildman–Crippen LogP) is 1.63. The fraction of sp³-hybridized carbons (Fsp3) is 0.385. The van der Waals surface area contributed by atoms with Crippen LogP contribution in [0.5, 0.6) is 0 Å². The first-order valence-corrected chi connectivity index (χ1v) is 8.09. The lowest BCUT2D eigenvalue weighted by Gasteiger charge is -2.10. The van der Waals surface area contributed by atoms with E-state index >= 15 is 0 Å². The van der Waals surface area contributed by atoms with Crippen molar-refractivity contribution in [2.75, 3.05) is 5.73 Å². The molecule has 0 unspecified atom stereocenters. The summed E-state index contributed by atoms with van der Waals surface area (Å²) in [6, 6.07) is 3.28. The monoisotopic (exact) mass is 312 g/mol. The molecule has 1 aromatic heterocycles. The van der Waals surface area contributed by atoms with Crippen molar-refractivity contribution in [1.29, 1.82) is 0 Å². The Morgan fingerprint density at radius 3 is 2.76 bits per heavy atom. The van der Waals surface area contributed by atoms with Crippen molar-refractivity contribution in [3.63, 3.8) is 0 Å². The van der Waals surface area contributed by atoms with E-state index < -0.39 is 15.7 Å². The first-order chi connectivity index (χ1) is 9.79. The second-order valence-corrected chi connectivity index (χ2v) is 7.15. The highest BCUT2D eigenvalue weighted by Crippen LogP contribution is 2.23. The summed E-state index contributed by atoms with van der Waals surface area (Å²) in [5.74, 6) is -0.404. The molecule has 114 valence electrons. The molecule has 0 radical (unpaired) electrons. The van der Waals surface area contributed by atoms with Crippen LogP contribution in [0.15, 0.2) is 29.4 Å². The lowest BCUT2D eigenvalue weighted by molar-refractivity contribution is 0.470. The van der Waals surface area contributed by atoms with E-state index in [1.54, 1.807) is 0 Å². The average Bonchev–Trinajstić information content (AvgIpc) is 2.78. The SMILES string of the molecule is CC(C)Cn1ncnc1CS(=O)(=O)c1cc(F)ccc1N. The molecule has 0 bridgehead atoms. The molecule has 6 nitrogen and oxygen atoms in total. The number of sulfone groups is 1. The first-order valence-electron chi connectivity index (χ1n) is 6.44. The van der Waals surface area contributed by atoms with Crippen molar-refractivity contribution in [2.24, 2.45) is 5.92 Å². The first kappa shape index (κ1) is 15.4. The highest BCUT2D eigenvalue weighted by atomic mass is 32.2. The van der Waals surface area contributed by atoms with Gasteiger partial charge in [0.05, 0.1) is 10.6 Å². The van der Waals surface area contributed by atoms with Gasteiger partial charge in [-0.3, -0.25) is 0 Å². The van der Waals surface area contributed by atoms with E-state index in [4.69, 9.17) is 5.73 Å². The Labute approximate surface area is 122 Å². The molecule has 8 heteroatoms. The number of rotatable bonds is 5. The highest BCUT2D eigenvalue weighted by Gasteiger charge is 2.22. The van der Waals surface area contributed by atoms with Gasteiger partial charge in [-0.25, -0.2) is 22.5 Å². The van der Waals surface area contributed by atoms with Crippen molar-refractivity contribution in [1.82, 2.24) is 14.8 Å². The number of benzene rings is 1. The van der Waals surface area contributed by atoms with Gasteiger partial charge in [-0.2, -0.15) is 5.10 Å². The molecule has 0 aliphatic carbocycles. The number of hydrogen-bond acceptors (Lipinski definition) is 5. The third kappa shape index (κ3) is 3.57. The Kier molecular flexibility index (Phi) is 4.26. The van der Waals surface area contributed by atoms with Gasteiger partial charge in [0, 0.05) is 6.54 Å². The lowest BCUT2D eigenvalue weighted by atomic mass is 10.2. The van der Waals surface area contributed by atoms with Crippen LogP contribution >= 0.6 is 0 Å².